The summed E-state index contributed by atoms with van der Waals surface area (Å²) in [4.78, 5) is 11.9. The number of thiophene rings is 1. The highest BCUT2D eigenvalue weighted by Gasteiger charge is 2.02. The molecule has 0 spiro atoms. The molecule has 4 heteroatoms. The van der Waals surface area contributed by atoms with Crippen LogP contribution >= 0.6 is 27.3 Å². The van der Waals surface area contributed by atoms with Crippen LogP contribution in [0.5, 0.6) is 5.75 Å². The number of benzene rings is 1. The van der Waals surface area contributed by atoms with Crippen molar-refractivity contribution in [2.75, 3.05) is 6.61 Å². The van der Waals surface area contributed by atoms with Gasteiger partial charge in [0.25, 0.3) is 0 Å². The van der Waals surface area contributed by atoms with E-state index >= 15 is 0 Å². The average Bonchev–Trinajstić information content (AvgIpc) is 2.84. The van der Waals surface area contributed by atoms with E-state index in [1.165, 1.54) is 4.88 Å². The van der Waals surface area contributed by atoms with Crippen LogP contribution in [0.4, 0.5) is 0 Å². The Balaban J connectivity index is 1.92. The van der Waals surface area contributed by atoms with Crippen molar-refractivity contribution in [3.8, 4) is 5.75 Å². The zero-order chi connectivity index (χ0) is 12.1. The van der Waals surface area contributed by atoms with Crippen molar-refractivity contribution < 1.29 is 9.53 Å². The van der Waals surface area contributed by atoms with E-state index < -0.39 is 0 Å². The number of ether oxygens (including phenoxy) is 1. The fourth-order valence-electron chi connectivity index (χ4n) is 1.42. The number of hydrogen-bond donors (Lipinski definition) is 0. The van der Waals surface area contributed by atoms with Crippen LogP contribution in [0.3, 0.4) is 0 Å². The number of halogens is 1. The summed E-state index contributed by atoms with van der Waals surface area (Å²) in [7, 11) is 0. The van der Waals surface area contributed by atoms with Gasteiger partial charge in [0.15, 0.2) is 0 Å². The number of carbonyl (C=O) groups excluding carboxylic acids is 1. The number of aldehydes is 1. The summed E-state index contributed by atoms with van der Waals surface area (Å²) in [5, 5.41) is 2.06. The summed E-state index contributed by atoms with van der Waals surface area (Å²) in [5.74, 6) is 0.771. The molecule has 2 rings (SSSR count). The molecule has 0 aliphatic heterocycles. The Morgan fingerprint density at radius 2 is 2.24 bits per heavy atom. The van der Waals surface area contributed by atoms with Gasteiger partial charge in [0.2, 0.25) is 0 Å². The summed E-state index contributed by atoms with van der Waals surface area (Å²) < 4.78 is 6.47. The molecule has 0 N–H and O–H groups in total. The van der Waals surface area contributed by atoms with E-state index in [1.807, 2.05) is 12.1 Å². The largest absolute Gasteiger partial charge is 0.492 e. The first-order chi connectivity index (χ1) is 8.29. The molecule has 0 bridgehead atoms. The molecule has 2 nitrogen and oxygen atoms in total. The van der Waals surface area contributed by atoms with Gasteiger partial charge in [-0.05, 0) is 45.6 Å². The van der Waals surface area contributed by atoms with Crippen molar-refractivity contribution in [1.29, 1.82) is 0 Å². The van der Waals surface area contributed by atoms with Crippen LogP contribution in [0.2, 0.25) is 0 Å². The number of rotatable bonds is 5. The third kappa shape index (κ3) is 3.41. The normalized spacial score (nSPS) is 10.2. The highest BCUT2D eigenvalue weighted by atomic mass is 79.9. The van der Waals surface area contributed by atoms with Gasteiger partial charge in [0.05, 0.1) is 11.1 Å². The highest BCUT2D eigenvalue weighted by Crippen LogP contribution is 2.25. The Morgan fingerprint density at radius 1 is 1.35 bits per heavy atom. The molecule has 0 radical (unpaired) electrons. The van der Waals surface area contributed by atoms with Gasteiger partial charge in [0, 0.05) is 16.9 Å². The minimum absolute atomic E-state index is 0.638. The van der Waals surface area contributed by atoms with Crippen molar-refractivity contribution in [2.24, 2.45) is 0 Å². The van der Waals surface area contributed by atoms with Crippen LogP contribution in [-0.4, -0.2) is 12.9 Å². The Morgan fingerprint density at radius 3 is 2.88 bits per heavy atom. The summed E-state index contributed by atoms with van der Waals surface area (Å²) in [6.07, 6.45) is 1.72. The van der Waals surface area contributed by atoms with E-state index in [9.17, 15) is 4.79 Å². The quantitative estimate of drug-likeness (QED) is 0.782. The molecule has 17 heavy (non-hydrogen) atoms. The zero-order valence-electron chi connectivity index (χ0n) is 9.06. The van der Waals surface area contributed by atoms with Gasteiger partial charge < -0.3 is 4.74 Å². The van der Waals surface area contributed by atoms with E-state index in [4.69, 9.17) is 4.74 Å². The highest BCUT2D eigenvalue weighted by molar-refractivity contribution is 9.10. The topological polar surface area (TPSA) is 26.3 Å². The molecule has 0 aliphatic carbocycles. The second kappa shape index (κ2) is 5.98. The smallest absolute Gasteiger partial charge is 0.150 e. The fraction of sp³-hybridized carbons (Fsp3) is 0.154. The average molecular weight is 311 g/mol. The molecule has 0 saturated heterocycles. The lowest BCUT2D eigenvalue weighted by atomic mass is 10.2. The molecular weight excluding hydrogens is 300 g/mol. The van der Waals surface area contributed by atoms with Crippen LogP contribution < -0.4 is 4.74 Å². The van der Waals surface area contributed by atoms with Crippen LogP contribution in [0.1, 0.15) is 15.2 Å². The van der Waals surface area contributed by atoms with Crippen LogP contribution in [0.15, 0.2) is 40.2 Å². The van der Waals surface area contributed by atoms with Crippen molar-refractivity contribution in [1.82, 2.24) is 0 Å². The summed E-state index contributed by atoms with van der Waals surface area (Å²) in [6, 6.07) is 9.45. The Hall–Kier alpha value is -1.13. The predicted octanol–water partition coefficient (Wildman–Crippen LogP) is 3.94. The molecule has 0 atom stereocenters. The molecule has 2 aromatic rings. The van der Waals surface area contributed by atoms with Gasteiger partial charge in [-0.15, -0.1) is 11.3 Å². The lowest BCUT2D eigenvalue weighted by molar-refractivity contribution is 0.112. The molecule has 0 saturated carbocycles. The van der Waals surface area contributed by atoms with Gasteiger partial charge in [0.1, 0.15) is 12.0 Å². The molecule has 88 valence electrons. The number of carbonyl (C=O) groups is 1. The maximum Gasteiger partial charge on any atom is 0.150 e. The van der Waals surface area contributed by atoms with Crippen LogP contribution in [-0.2, 0) is 6.42 Å². The van der Waals surface area contributed by atoms with Crippen molar-refractivity contribution in [3.05, 3.63) is 50.6 Å². The molecule has 0 fully saturated rings. The lowest BCUT2D eigenvalue weighted by Crippen LogP contribution is -2.00. The molecule has 1 aromatic heterocycles. The summed E-state index contributed by atoms with van der Waals surface area (Å²) in [6.45, 7) is 0.638. The Bertz CT molecular complexity index is 494. The van der Waals surface area contributed by atoms with Gasteiger partial charge in [-0.25, -0.2) is 0 Å². The van der Waals surface area contributed by atoms with E-state index in [2.05, 4.69) is 27.4 Å². The summed E-state index contributed by atoms with van der Waals surface area (Å²) >= 11 is 5.12. The molecule has 1 aromatic carbocycles. The predicted molar refractivity (Wildman–Crippen MR) is 73.0 cm³/mol. The summed E-state index contributed by atoms with van der Waals surface area (Å²) in [5.41, 5.74) is 0.641. The van der Waals surface area contributed by atoms with Gasteiger partial charge >= 0.3 is 0 Å². The maximum absolute atomic E-state index is 10.6. The molecule has 0 amide bonds. The van der Waals surface area contributed by atoms with E-state index in [1.54, 1.807) is 23.5 Å². The third-order valence-electron chi connectivity index (χ3n) is 2.28. The standard InChI is InChI=1S/C13H11BrO2S/c14-12-8-10(9-15)3-4-13(12)16-6-5-11-2-1-7-17-11/h1-4,7-9H,5-6H2. The Kier molecular flexibility index (Phi) is 4.34. The van der Waals surface area contributed by atoms with Crippen LogP contribution in [0.25, 0.3) is 0 Å². The van der Waals surface area contributed by atoms with Gasteiger partial charge in [-0.1, -0.05) is 6.07 Å². The first-order valence-corrected chi connectivity index (χ1v) is 6.87. The lowest BCUT2D eigenvalue weighted by Gasteiger charge is -2.07. The minimum Gasteiger partial charge on any atom is -0.492 e. The zero-order valence-corrected chi connectivity index (χ0v) is 11.5. The molecule has 0 unspecified atom stereocenters. The second-order valence-corrected chi connectivity index (χ2v) is 5.37. The SMILES string of the molecule is O=Cc1ccc(OCCc2cccs2)c(Br)c1. The third-order valence-corrected chi connectivity index (χ3v) is 3.83. The van der Waals surface area contributed by atoms with E-state index in [-0.39, 0.29) is 0 Å². The fourth-order valence-corrected chi connectivity index (χ4v) is 2.63. The van der Waals surface area contributed by atoms with Crippen LogP contribution in [0, 0.1) is 0 Å². The first kappa shape index (κ1) is 12.3. The first-order valence-electron chi connectivity index (χ1n) is 5.19. The monoisotopic (exact) mass is 310 g/mol. The van der Waals surface area contributed by atoms with Crippen molar-refractivity contribution in [2.45, 2.75) is 6.42 Å². The molecule has 1 heterocycles. The molecular formula is C13H11BrO2S. The maximum atomic E-state index is 10.6. The van der Waals surface area contributed by atoms with E-state index in [0.717, 1.165) is 22.9 Å². The molecule has 0 aliphatic rings. The minimum atomic E-state index is 0.638. The van der Waals surface area contributed by atoms with Crippen molar-refractivity contribution in [3.63, 3.8) is 0 Å². The second-order valence-electron chi connectivity index (χ2n) is 3.49. The van der Waals surface area contributed by atoms with E-state index in [0.29, 0.717) is 12.2 Å². The Labute approximate surface area is 112 Å². The van der Waals surface area contributed by atoms with Gasteiger partial charge in [-0.3, -0.25) is 4.79 Å². The van der Waals surface area contributed by atoms with Crippen molar-refractivity contribution >= 4 is 33.6 Å². The number of hydrogen-bond acceptors (Lipinski definition) is 3. The van der Waals surface area contributed by atoms with Gasteiger partial charge in [-0.2, -0.15) is 0 Å².